The second-order valence-electron chi connectivity index (χ2n) is 4.32. The summed E-state index contributed by atoms with van der Waals surface area (Å²) in [7, 11) is 0. The summed E-state index contributed by atoms with van der Waals surface area (Å²) in [5.74, 6) is -0.0777. The zero-order valence-electron chi connectivity index (χ0n) is 8.72. The first-order chi connectivity index (χ1) is 7.72. The number of nitrogens with zero attached hydrogens (tertiary/aromatic N) is 2. The van der Waals surface area contributed by atoms with E-state index in [0.29, 0.717) is 24.8 Å². The Balaban J connectivity index is 1.64. The van der Waals surface area contributed by atoms with Crippen molar-refractivity contribution in [2.24, 2.45) is 0 Å². The third kappa shape index (κ3) is 1.90. The molecule has 3 rings (SSSR count). The highest BCUT2D eigenvalue weighted by Gasteiger charge is 2.28. The molecular weight excluding hydrogens is 226 g/mol. The van der Waals surface area contributed by atoms with Crippen molar-refractivity contribution in [3.63, 3.8) is 0 Å². The van der Waals surface area contributed by atoms with Gasteiger partial charge in [0.05, 0.1) is 6.10 Å². The van der Waals surface area contributed by atoms with E-state index in [9.17, 15) is 9.90 Å². The Labute approximate surface area is 97.1 Å². The Kier molecular flexibility index (Phi) is 2.33. The Morgan fingerprint density at radius 2 is 2.31 bits per heavy atom. The molecule has 1 saturated heterocycles. The highest BCUT2D eigenvalue weighted by atomic mass is 32.1. The van der Waals surface area contributed by atoms with Crippen molar-refractivity contribution in [1.82, 2.24) is 10.3 Å². The number of β-amino-alcohol motifs (C(OH)–C–C–N with tert-alkyl or cyclic N) is 1. The number of nitrogens with one attached hydrogen (secondary N) is 1. The van der Waals surface area contributed by atoms with Crippen molar-refractivity contribution >= 4 is 22.4 Å². The zero-order valence-corrected chi connectivity index (χ0v) is 9.54. The summed E-state index contributed by atoms with van der Waals surface area (Å²) in [4.78, 5) is 17.9. The quantitative estimate of drug-likeness (QED) is 0.791. The van der Waals surface area contributed by atoms with Crippen LogP contribution in [0.4, 0.5) is 5.13 Å². The number of hydrogen-bond donors (Lipinski definition) is 2. The summed E-state index contributed by atoms with van der Waals surface area (Å²) in [6.45, 7) is 1.24. The van der Waals surface area contributed by atoms with Gasteiger partial charge in [-0.2, -0.15) is 0 Å². The molecule has 0 bridgehead atoms. The molecule has 1 aromatic rings. The summed E-state index contributed by atoms with van der Waals surface area (Å²) in [5.41, 5.74) is 0.494. The molecule has 86 valence electrons. The Hall–Kier alpha value is -1.14. The van der Waals surface area contributed by atoms with E-state index in [-0.39, 0.29) is 12.0 Å². The molecule has 0 unspecified atom stereocenters. The van der Waals surface area contributed by atoms with Gasteiger partial charge in [-0.05, 0) is 12.8 Å². The predicted octanol–water partition coefficient (Wildman–Crippen LogP) is 0.216. The van der Waals surface area contributed by atoms with Crippen LogP contribution in [0.3, 0.4) is 0 Å². The molecule has 1 saturated carbocycles. The van der Waals surface area contributed by atoms with Crippen LogP contribution in [0.2, 0.25) is 0 Å². The third-order valence-electron chi connectivity index (χ3n) is 2.77. The molecule has 2 N–H and O–H groups in total. The average molecular weight is 239 g/mol. The minimum atomic E-state index is -0.243. The van der Waals surface area contributed by atoms with Crippen molar-refractivity contribution in [3.05, 3.63) is 11.1 Å². The number of carbonyl (C=O) groups excluding carboxylic acids is 1. The van der Waals surface area contributed by atoms with Crippen LogP contribution in [0.1, 0.15) is 23.3 Å². The van der Waals surface area contributed by atoms with E-state index < -0.39 is 0 Å². The fourth-order valence-corrected chi connectivity index (χ4v) is 2.44. The minimum Gasteiger partial charge on any atom is -0.389 e. The van der Waals surface area contributed by atoms with Crippen LogP contribution >= 0.6 is 11.3 Å². The van der Waals surface area contributed by atoms with Gasteiger partial charge in [-0.25, -0.2) is 4.98 Å². The highest BCUT2D eigenvalue weighted by molar-refractivity contribution is 7.14. The average Bonchev–Trinajstić information content (AvgIpc) is 2.89. The number of thiazole rings is 1. The van der Waals surface area contributed by atoms with Crippen LogP contribution in [0.15, 0.2) is 5.38 Å². The largest absolute Gasteiger partial charge is 0.389 e. The number of rotatable bonds is 3. The van der Waals surface area contributed by atoms with Crippen molar-refractivity contribution in [2.75, 3.05) is 18.0 Å². The van der Waals surface area contributed by atoms with Crippen molar-refractivity contribution in [3.8, 4) is 0 Å². The second-order valence-corrected chi connectivity index (χ2v) is 5.16. The fourth-order valence-electron chi connectivity index (χ4n) is 1.61. The third-order valence-corrected chi connectivity index (χ3v) is 3.67. The van der Waals surface area contributed by atoms with Gasteiger partial charge in [0, 0.05) is 24.5 Å². The van der Waals surface area contributed by atoms with Crippen LogP contribution < -0.4 is 10.2 Å². The first kappa shape index (κ1) is 10.0. The van der Waals surface area contributed by atoms with E-state index >= 15 is 0 Å². The van der Waals surface area contributed by atoms with E-state index in [1.165, 1.54) is 11.3 Å². The van der Waals surface area contributed by atoms with Crippen LogP contribution in [0.25, 0.3) is 0 Å². The van der Waals surface area contributed by atoms with E-state index in [2.05, 4.69) is 10.3 Å². The number of anilines is 1. The van der Waals surface area contributed by atoms with Crippen molar-refractivity contribution in [1.29, 1.82) is 0 Å². The minimum absolute atomic E-state index is 0.0777. The second kappa shape index (κ2) is 3.71. The molecule has 2 heterocycles. The molecule has 1 aromatic heterocycles. The molecule has 1 aliphatic carbocycles. The number of aliphatic hydroxyl groups is 1. The lowest BCUT2D eigenvalue weighted by atomic mass is 10.2. The van der Waals surface area contributed by atoms with E-state index in [0.717, 1.165) is 18.0 Å². The smallest absolute Gasteiger partial charge is 0.271 e. The lowest BCUT2D eigenvalue weighted by molar-refractivity contribution is 0.0947. The maximum atomic E-state index is 11.7. The van der Waals surface area contributed by atoms with Gasteiger partial charge >= 0.3 is 0 Å². The molecule has 0 radical (unpaired) electrons. The van der Waals surface area contributed by atoms with Crippen LogP contribution in [0.5, 0.6) is 0 Å². The number of carbonyl (C=O) groups is 1. The van der Waals surface area contributed by atoms with Gasteiger partial charge in [0.25, 0.3) is 5.91 Å². The predicted molar refractivity (Wildman–Crippen MR) is 60.8 cm³/mol. The summed E-state index contributed by atoms with van der Waals surface area (Å²) < 4.78 is 0. The Morgan fingerprint density at radius 3 is 2.94 bits per heavy atom. The molecule has 1 amide bonds. The first-order valence-corrected chi connectivity index (χ1v) is 6.30. The molecular formula is C10H13N3O2S. The maximum absolute atomic E-state index is 11.7. The number of amides is 1. The summed E-state index contributed by atoms with van der Waals surface area (Å²) in [6.07, 6.45) is 1.93. The maximum Gasteiger partial charge on any atom is 0.271 e. The van der Waals surface area contributed by atoms with Crippen LogP contribution in [-0.2, 0) is 0 Å². The first-order valence-electron chi connectivity index (χ1n) is 5.42. The Morgan fingerprint density at radius 1 is 1.56 bits per heavy atom. The molecule has 2 aliphatic rings. The van der Waals surface area contributed by atoms with Crippen molar-refractivity contribution in [2.45, 2.75) is 25.0 Å². The van der Waals surface area contributed by atoms with Gasteiger partial charge < -0.3 is 15.3 Å². The molecule has 5 nitrogen and oxygen atoms in total. The molecule has 0 atom stereocenters. The molecule has 6 heteroatoms. The standard InChI is InChI=1S/C10H13N3O2S/c14-7-3-13(4-7)10-12-8(5-16-10)9(15)11-6-1-2-6/h5-7,14H,1-4H2,(H,11,15). The SMILES string of the molecule is O=C(NC1CC1)c1csc(N2CC(O)C2)n1. The highest BCUT2D eigenvalue weighted by Crippen LogP contribution is 2.25. The van der Waals surface area contributed by atoms with E-state index in [4.69, 9.17) is 0 Å². The summed E-state index contributed by atoms with van der Waals surface area (Å²) in [6, 6.07) is 0.364. The summed E-state index contributed by atoms with van der Waals surface area (Å²) in [5, 5.41) is 14.7. The lowest BCUT2D eigenvalue weighted by Gasteiger charge is -2.35. The number of aromatic nitrogens is 1. The Bertz CT molecular complexity index is 410. The normalized spacial score (nSPS) is 20.7. The van der Waals surface area contributed by atoms with Gasteiger partial charge in [-0.15, -0.1) is 11.3 Å². The fraction of sp³-hybridized carbons (Fsp3) is 0.600. The van der Waals surface area contributed by atoms with Gasteiger partial charge in [0.1, 0.15) is 5.69 Å². The molecule has 1 aliphatic heterocycles. The monoisotopic (exact) mass is 239 g/mol. The van der Waals surface area contributed by atoms with Crippen molar-refractivity contribution < 1.29 is 9.90 Å². The van der Waals surface area contributed by atoms with Gasteiger partial charge in [0.2, 0.25) is 0 Å². The number of hydrogen-bond acceptors (Lipinski definition) is 5. The van der Waals surface area contributed by atoms with Gasteiger partial charge in [-0.3, -0.25) is 4.79 Å². The lowest BCUT2D eigenvalue weighted by Crippen LogP contribution is -2.50. The molecule has 16 heavy (non-hydrogen) atoms. The number of aliphatic hydroxyl groups excluding tert-OH is 1. The topological polar surface area (TPSA) is 65.5 Å². The van der Waals surface area contributed by atoms with E-state index in [1.54, 1.807) is 5.38 Å². The summed E-state index contributed by atoms with van der Waals surface area (Å²) >= 11 is 1.45. The van der Waals surface area contributed by atoms with E-state index in [1.807, 2.05) is 4.90 Å². The van der Waals surface area contributed by atoms with Crippen LogP contribution in [-0.4, -0.2) is 41.2 Å². The molecule has 0 spiro atoms. The zero-order chi connectivity index (χ0) is 11.1. The molecule has 0 aromatic carbocycles. The molecule has 2 fully saturated rings. The van der Waals surface area contributed by atoms with Crippen LogP contribution in [0, 0.1) is 0 Å². The van der Waals surface area contributed by atoms with Gasteiger partial charge in [0.15, 0.2) is 5.13 Å². The van der Waals surface area contributed by atoms with Gasteiger partial charge in [-0.1, -0.05) is 0 Å².